The van der Waals surface area contributed by atoms with Crippen molar-refractivity contribution in [2.75, 3.05) is 13.2 Å². The molecule has 2 aromatic carbocycles. The zero-order chi connectivity index (χ0) is 14.9. The molecule has 0 radical (unpaired) electrons. The van der Waals surface area contributed by atoms with Gasteiger partial charge in [0.05, 0.1) is 12.6 Å². The summed E-state index contributed by atoms with van der Waals surface area (Å²) in [6.07, 6.45) is 0.592. The molecule has 1 atom stereocenters. The van der Waals surface area contributed by atoms with E-state index in [0.29, 0.717) is 12.2 Å². The molecule has 0 heterocycles. The number of rotatable bonds is 7. The number of carbonyl (C=O) groups is 1. The molecular weight excluding hydrogens is 266 g/mol. The Labute approximate surface area is 124 Å². The van der Waals surface area contributed by atoms with Crippen molar-refractivity contribution in [3.8, 4) is 5.75 Å². The first kappa shape index (κ1) is 15.1. The molecule has 21 heavy (non-hydrogen) atoms. The van der Waals surface area contributed by atoms with Gasteiger partial charge in [0, 0.05) is 0 Å². The molecule has 1 amide bonds. The summed E-state index contributed by atoms with van der Waals surface area (Å²) in [7, 11) is 0. The standard InChI is InChI=1S/C17H19NO3/c19-12-15(11-14-7-3-1-4-8-14)18-17(20)13-21-16-9-5-2-6-10-16/h1-10,15,19H,11-13H2,(H,18,20). The second-order valence-electron chi connectivity index (χ2n) is 4.74. The largest absolute Gasteiger partial charge is 0.484 e. The minimum atomic E-state index is -0.306. The Balaban J connectivity index is 1.80. The van der Waals surface area contributed by atoms with Crippen LogP contribution in [0.3, 0.4) is 0 Å². The van der Waals surface area contributed by atoms with Gasteiger partial charge in [0.2, 0.25) is 0 Å². The molecule has 2 N–H and O–H groups in total. The molecule has 0 saturated carbocycles. The van der Waals surface area contributed by atoms with Crippen LogP contribution in [0.1, 0.15) is 5.56 Å². The fourth-order valence-electron chi connectivity index (χ4n) is 1.99. The highest BCUT2D eigenvalue weighted by Gasteiger charge is 2.12. The van der Waals surface area contributed by atoms with Crippen molar-refractivity contribution in [1.29, 1.82) is 0 Å². The molecule has 1 unspecified atom stereocenters. The van der Waals surface area contributed by atoms with Crippen LogP contribution in [0.5, 0.6) is 5.75 Å². The molecular formula is C17H19NO3. The van der Waals surface area contributed by atoms with Crippen LogP contribution in [0.25, 0.3) is 0 Å². The minimum Gasteiger partial charge on any atom is -0.484 e. The topological polar surface area (TPSA) is 58.6 Å². The van der Waals surface area contributed by atoms with Crippen LogP contribution in [-0.2, 0) is 11.2 Å². The van der Waals surface area contributed by atoms with E-state index in [4.69, 9.17) is 4.74 Å². The summed E-state index contributed by atoms with van der Waals surface area (Å²) in [6, 6.07) is 18.6. The molecule has 2 rings (SSSR count). The van der Waals surface area contributed by atoms with Gasteiger partial charge in [0.1, 0.15) is 5.75 Å². The van der Waals surface area contributed by atoms with Gasteiger partial charge in [0.15, 0.2) is 6.61 Å². The minimum absolute atomic E-state index is 0.0602. The predicted octanol–water partition coefficient (Wildman–Crippen LogP) is 1.79. The molecule has 4 heteroatoms. The summed E-state index contributed by atoms with van der Waals surface area (Å²) in [5.74, 6) is 0.407. The monoisotopic (exact) mass is 285 g/mol. The van der Waals surface area contributed by atoms with Crippen molar-refractivity contribution < 1.29 is 14.6 Å². The van der Waals surface area contributed by atoms with E-state index in [1.165, 1.54) is 0 Å². The summed E-state index contributed by atoms with van der Waals surface area (Å²) >= 11 is 0. The second-order valence-corrected chi connectivity index (χ2v) is 4.74. The van der Waals surface area contributed by atoms with Gasteiger partial charge in [-0.2, -0.15) is 0 Å². The summed E-state index contributed by atoms with van der Waals surface area (Å²) < 4.78 is 5.37. The number of carbonyl (C=O) groups excluding carboxylic acids is 1. The molecule has 0 aliphatic rings. The zero-order valence-electron chi connectivity index (χ0n) is 11.7. The average molecular weight is 285 g/mol. The van der Waals surface area contributed by atoms with Crippen LogP contribution >= 0.6 is 0 Å². The number of aliphatic hydroxyl groups excluding tert-OH is 1. The number of hydrogen-bond acceptors (Lipinski definition) is 3. The van der Waals surface area contributed by atoms with E-state index < -0.39 is 0 Å². The smallest absolute Gasteiger partial charge is 0.258 e. The van der Waals surface area contributed by atoms with Gasteiger partial charge in [-0.25, -0.2) is 0 Å². The zero-order valence-corrected chi connectivity index (χ0v) is 11.7. The number of aliphatic hydroxyl groups is 1. The highest BCUT2D eigenvalue weighted by Crippen LogP contribution is 2.08. The van der Waals surface area contributed by atoms with Crippen molar-refractivity contribution in [3.63, 3.8) is 0 Å². The normalized spacial score (nSPS) is 11.7. The van der Waals surface area contributed by atoms with E-state index in [1.54, 1.807) is 12.1 Å². The van der Waals surface area contributed by atoms with Crippen LogP contribution in [0.15, 0.2) is 60.7 Å². The maximum Gasteiger partial charge on any atom is 0.258 e. The van der Waals surface area contributed by atoms with Crippen LogP contribution in [0, 0.1) is 0 Å². The average Bonchev–Trinajstić information content (AvgIpc) is 2.54. The van der Waals surface area contributed by atoms with Gasteiger partial charge < -0.3 is 15.2 Å². The van der Waals surface area contributed by atoms with Crippen molar-refractivity contribution in [2.24, 2.45) is 0 Å². The third-order valence-electron chi connectivity index (χ3n) is 3.02. The van der Waals surface area contributed by atoms with Gasteiger partial charge >= 0.3 is 0 Å². The number of nitrogens with one attached hydrogen (secondary N) is 1. The van der Waals surface area contributed by atoms with Crippen molar-refractivity contribution in [3.05, 3.63) is 66.2 Å². The number of ether oxygens (including phenoxy) is 1. The third-order valence-corrected chi connectivity index (χ3v) is 3.02. The Kier molecular flexibility index (Phi) is 5.79. The summed E-state index contributed by atoms with van der Waals surface area (Å²) in [4.78, 5) is 11.8. The van der Waals surface area contributed by atoms with E-state index in [-0.39, 0.29) is 25.2 Å². The fraction of sp³-hybridized carbons (Fsp3) is 0.235. The van der Waals surface area contributed by atoms with E-state index in [2.05, 4.69) is 5.32 Å². The Bertz CT molecular complexity index is 542. The summed E-state index contributed by atoms with van der Waals surface area (Å²) in [5, 5.41) is 12.1. The Hall–Kier alpha value is -2.33. The lowest BCUT2D eigenvalue weighted by Crippen LogP contribution is -2.41. The highest BCUT2D eigenvalue weighted by molar-refractivity contribution is 5.77. The van der Waals surface area contributed by atoms with E-state index >= 15 is 0 Å². The van der Waals surface area contributed by atoms with Crippen molar-refractivity contribution in [1.82, 2.24) is 5.32 Å². The lowest BCUT2D eigenvalue weighted by molar-refractivity contribution is -0.124. The van der Waals surface area contributed by atoms with Crippen molar-refractivity contribution >= 4 is 5.91 Å². The Morgan fingerprint density at radius 3 is 2.29 bits per heavy atom. The van der Waals surface area contributed by atoms with E-state index in [0.717, 1.165) is 5.56 Å². The van der Waals surface area contributed by atoms with Crippen LogP contribution in [0.4, 0.5) is 0 Å². The molecule has 4 nitrogen and oxygen atoms in total. The lowest BCUT2D eigenvalue weighted by atomic mass is 10.1. The third kappa shape index (κ3) is 5.28. The van der Waals surface area contributed by atoms with Gasteiger partial charge in [-0.3, -0.25) is 4.79 Å². The lowest BCUT2D eigenvalue weighted by Gasteiger charge is -2.16. The molecule has 0 fully saturated rings. The highest BCUT2D eigenvalue weighted by atomic mass is 16.5. The van der Waals surface area contributed by atoms with Crippen LogP contribution in [0.2, 0.25) is 0 Å². The number of para-hydroxylation sites is 1. The quantitative estimate of drug-likeness (QED) is 0.815. The Morgan fingerprint density at radius 2 is 1.67 bits per heavy atom. The molecule has 0 aliphatic heterocycles. The van der Waals surface area contributed by atoms with Gasteiger partial charge in [-0.1, -0.05) is 48.5 Å². The molecule has 0 aromatic heterocycles. The molecule has 110 valence electrons. The predicted molar refractivity (Wildman–Crippen MR) is 81.1 cm³/mol. The van der Waals surface area contributed by atoms with Gasteiger partial charge in [-0.15, -0.1) is 0 Å². The first-order chi connectivity index (χ1) is 10.3. The van der Waals surface area contributed by atoms with Crippen LogP contribution in [-0.4, -0.2) is 30.3 Å². The van der Waals surface area contributed by atoms with Crippen LogP contribution < -0.4 is 10.1 Å². The first-order valence-electron chi connectivity index (χ1n) is 6.90. The summed E-state index contributed by atoms with van der Waals surface area (Å²) in [6.45, 7) is -0.165. The number of benzene rings is 2. The van der Waals surface area contributed by atoms with Gasteiger partial charge in [-0.05, 0) is 24.1 Å². The molecule has 2 aromatic rings. The number of amides is 1. The van der Waals surface area contributed by atoms with E-state index in [9.17, 15) is 9.90 Å². The molecule has 0 saturated heterocycles. The Morgan fingerprint density at radius 1 is 1.05 bits per heavy atom. The summed E-state index contributed by atoms with van der Waals surface area (Å²) in [5.41, 5.74) is 1.07. The maximum atomic E-state index is 11.8. The number of hydrogen-bond donors (Lipinski definition) is 2. The SMILES string of the molecule is O=C(COc1ccccc1)NC(CO)Cc1ccccc1. The molecule has 0 bridgehead atoms. The molecule has 0 aliphatic carbocycles. The van der Waals surface area contributed by atoms with Gasteiger partial charge in [0.25, 0.3) is 5.91 Å². The second kappa shape index (κ2) is 8.07. The maximum absolute atomic E-state index is 11.8. The molecule has 0 spiro atoms. The van der Waals surface area contributed by atoms with Crippen molar-refractivity contribution in [2.45, 2.75) is 12.5 Å². The first-order valence-corrected chi connectivity index (χ1v) is 6.90. The van der Waals surface area contributed by atoms with E-state index in [1.807, 2.05) is 48.5 Å². The fourth-order valence-corrected chi connectivity index (χ4v) is 1.99.